The lowest BCUT2D eigenvalue weighted by Gasteiger charge is -2.14. The predicted molar refractivity (Wildman–Crippen MR) is 68.4 cm³/mol. The van der Waals surface area contributed by atoms with E-state index in [4.69, 9.17) is 14.6 Å². The van der Waals surface area contributed by atoms with Gasteiger partial charge in [-0.1, -0.05) is 0 Å². The fourth-order valence-electron chi connectivity index (χ4n) is 1.58. The van der Waals surface area contributed by atoms with Crippen LogP contribution in [-0.2, 0) is 14.6 Å². The van der Waals surface area contributed by atoms with E-state index in [1.54, 1.807) is 0 Å². The second kappa shape index (κ2) is 5.92. The van der Waals surface area contributed by atoms with Crippen molar-refractivity contribution in [1.29, 1.82) is 0 Å². The van der Waals surface area contributed by atoms with Crippen molar-refractivity contribution in [2.24, 2.45) is 0 Å². The molecule has 1 N–H and O–H groups in total. The number of hydrogen-bond acceptors (Lipinski definition) is 5. The second-order valence-corrected chi connectivity index (χ2v) is 6.30. The third-order valence-electron chi connectivity index (χ3n) is 2.67. The number of benzene rings is 1. The Morgan fingerprint density at radius 2 is 1.95 bits per heavy atom. The Morgan fingerprint density at radius 1 is 1.32 bits per heavy atom. The van der Waals surface area contributed by atoms with Crippen LogP contribution in [0.25, 0.3) is 0 Å². The van der Waals surface area contributed by atoms with E-state index in [0.29, 0.717) is 5.75 Å². The Balaban J connectivity index is 3.24. The summed E-state index contributed by atoms with van der Waals surface area (Å²) < 4.78 is 34.5. The molecule has 0 aliphatic heterocycles. The van der Waals surface area contributed by atoms with Crippen molar-refractivity contribution in [3.8, 4) is 11.5 Å². The fraction of sp³-hybridized carbons (Fsp3) is 0.417. The standard InChI is InChI=1S/C12H16O6S/c1-8(6-12(13)14)19(15,16)11-5-4-9(17-2)7-10(11)18-3/h4-5,7-8H,6H2,1-3H3,(H,13,14). The average molecular weight is 288 g/mol. The molecule has 1 rings (SSSR count). The lowest BCUT2D eigenvalue weighted by atomic mass is 10.3. The molecular formula is C12H16O6S. The molecule has 0 amide bonds. The maximum atomic E-state index is 12.3. The maximum absolute atomic E-state index is 12.3. The SMILES string of the molecule is COc1ccc(S(=O)(=O)C(C)CC(=O)O)c(OC)c1. The third kappa shape index (κ3) is 3.37. The molecule has 19 heavy (non-hydrogen) atoms. The topological polar surface area (TPSA) is 89.9 Å². The van der Waals surface area contributed by atoms with Crippen LogP contribution in [0.4, 0.5) is 0 Å². The van der Waals surface area contributed by atoms with Crippen LogP contribution < -0.4 is 9.47 Å². The van der Waals surface area contributed by atoms with Crippen LogP contribution in [0.15, 0.2) is 23.1 Å². The first kappa shape index (κ1) is 15.3. The van der Waals surface area contributed by atoms with E-state index in [1.807, 2.05) is 0 Å². The molecule has 0 saturated carbocycles. The molecule has 1 aromatic carbocycles. The molecule has 1 unspecified atom stereocenters. The first-order valence-electron chi connectivity index (χ1n) is 5.50. The Kier molecular flexibility index (Phi) is 4.77. The number of sulfone groups is 1. The van der Waals surface area contributed by atoms with Gasteiger partial charge in [0.15, 0.2) is 9.84 Å². The van der Waals surface area contributed by atoms with Gasteiger partial charge in [0, 0.05) is 6.07 Å². The number of hydrogen-bond donors (Lipinski definition) is 1. The highest BCUT2D eigenvalue weighted by Crippen LogP contribution is 2.31. The first-order chi connectivity index (χ1) is 8.82. The zero-order chi connectivity index (χ0) is 14.6. The van der Waals surface area contributed by atoms with Crippen LogP contribution in [-0.4, -0.2) is 39.0 Å². The molecular weight excluding hydrogens is 272 g/mol. The number of carbonyl (C=O) groups is 1. The highest BCUT2D eigenvalue weighted by molar-refractivity contribution is 7.92. The van der Waals surface area contributed by atoms with Crippen molar-refractivity contribution in [1.82, 2.24) is 0 Å². The maximum Gasteiger partial charge on any atom is 0.304 e. The zero-order valence-electron chi connectivity index (χ0n) is 10.9. The van der Waals surface area contributed by atoms with E-state index in [0.717, 1.165) is 0 Å². The summed E-state index contributed by atoms with van der Waals surface area (Å²) in [5.41, 5.74) is 0. The van der Waals surface area contributed by atoms with Crippen molar-refractivity contribution >= 4 is 15.8 Å². The number of ether oxygens (including phenoxy) is 2. The van der Waals surface area contributed by atoms with Gasteiger partial charge in [-0.3, -0.25) is 4.79 Å². The molecule has 0 aromatic heterocycles. The van der Waals surface area contributed by atoms with Crippen LogP contribution in [0.1, 0.15) is 13.3 Å². The van der Waals surface area contributed by atoms with Gasteiger partial charge in [0.1, 0.15) is 16.4 Å². The summed E-state index contributed by atoms with van der Waals surface area (Å²) in [6.07, 6.45) is -0.461. The molecule has 6 nitrogen and oxygen atoms in total. The van der Waals surface area contributed by atoms with E-state index in [9.17, 15) is 13.2 Å². The number of carboxylic acid groups (broad SMARTS) is 1. The van der Waals surface area contributed by atoms with Crippen molar-refractivity contribution in [2.75, 3.05) is 14.2 Å². The summed E-state index contributed by atoms with van der Waals surface area (Å²) in [6, 6.07) is 4.29. The third-order valence-corrected chi connectivity index (χ3v) is 4.85. The number of rotatable bonds is 6. The van der Waals surface area contributed by atoms with Crippen LogP contribution in [0.3, 0.4) is 0 Å². The van der Waals surface area contributed by atoms with Crippen molar-refractivity contribution < 1.29 is 27.8 Å². The first-order valence-corrected chi connectivity index (χ1v) is 7.05. The van der Waals surface area contributed by atoms with Gasteiger partial charge < -0.3 is 14.6 Å². The lowest BCUT2D eigenvalue weighted by molar-refractivity contribution is -0.136. The molecule has 0 aliphatic carbocycles. The molecule has 0 spiro atoms. The van der Waals surface area contributed by atoms with Gasteiger partial charge in [-0.05, 0) is 19.1 Å². The second-order valence-electron chi connectivity index (χ2n) is 3.97. The van der Waals surface area contributed by atoms with Gasteiger partial charge in [-0.25, -0.2) is 8.42 Å². The molecule has 106 valence electrons. The van der Waals surface area contributed by atoms with Gasteiger partial charge in [0.2, 0.25) is 0 Å². The van der Waals surface area contributed by atoms with Crippen LogP contribution >= 0.6 is 0 Å². The van der Waals surface area contributed by atoms with E-state index >= 15 is 0 Å². The van der Waals surface area contributed by atoms with Crippen LogP contribution in [0.2, 0.25) is 0 Å². The van der Waals surface area contributed by atoms with Gasteiger partial charge in [-0.15, -0.1) is 0 Å². The van der Waals surface area contributed by atoms with E-state index in [1.165, 1.54) is 39.3 Å². The molecule has 1 atom stereocenters. The van der Waals surface area contributed by atoms with Gasteiger partial charge in [0.05, 0.1) is 25.9 Å². The molecule has 0 fully saturated rings. The molecule has 0 radical (unpaired) electrons. The zero-order valence-corrected chi connectivity index (χ0v) is 11.7. The van der Waals surface area contributed by atoms with Crippen molar-refractivity contribution in [3.63, 3.8) is 0 Å². The fourth-order valence-corrected chi connectivity index (χ4v) is 3.06. The minimum atomic E-state index is -3.76. The van der Waals surface area contributed by atoms with E-state index in [2.05, 4.69) is 0 Å². The Labute approximate surface area is 111 Å². The summed E-state index contributed by atoms with van der Waals surface area (Å²) >= 11 is 0. The highest BCUT2D eigenvalue weighted by atomic mass is 32.2. The van der Waals surface area contributed by atoms with E-state index in [-0.39, 0.29) is 10.6 Å². The average Bonchev–Trinajstić information content (AvgIpc) is 2.36. The molecule has 1 aromatic rings. The molecule has 0 bridgehead atoms. The summed E-state index contributed by atoms with van der Waals surface area (Å²) in [5, 5.41) is 7.65. The minimum Gasteiger partial charge on any atom is -0.497 e. The highest BCUT2D eigenvalue weighted by Gasteiger charge is 2.28. The van der Waals surface area contributed by atoms with Crippen molar-refractivity contribution in [3.05, 3.63) is 18.2 Å². The number of methoxy groups -OCH3 is 2. The predicted octanol–water partition coefficient (Wildman–Crippen LogP) is 1.34. The Bertz CT molecular complexity index is 564. The monoisotopic (exact) mass is 288 g/mol. The van der Waals surface area contributed by atoms with Crippen LogP contribution in [0, 0.1) is 0 Å². The molecule has 0 aliphatic rings. The molecule has 0 saturated heterocycles. The van der Waals surface area contributed by atoms with Gasteiger partial charge in [-0.2, -0.15) is 0 Å². The molecule has 7 heteroatoms. The summed E-state index contributed by atoms with van der Waals surface area (Å²) in [6.45, 7) is 1.35. The van der Waals surface area contributed by atoms with E-state index < -0.39 is 27.5 Å². The number of aliphatic carboxylic acids is 1. The quantitative estimate of drug-likeness (QED) is 0.849. The number of carboxylic acids is 1. The minimum absolute atomic E-state index is 0.0375. The summed E-state index contributed by atoms with van der Waals surface area (Å²) in [5.74, 6) is -0.568. The normalized spacial score (nSPS) is 12.8. The van der Waals surface area contributed by atoms with Crippen molar-refractivity contribution in [2.45, 2.75) is 23.5 Å². The lowest BCUT2D eigenvalue weighted by Crippen LogP contribution is -2.22. The Hall–Kier alpha value is -1.76. The summed E-state index contributed by atoms with van der Waals surface area (Å²) in [4.78, 5) is 10.6. The smallest absolute Gasteiger partial charge is 0.304 e. The largest absolute Gasteiger partial charge is 0.497 e. The van der Waals surface area contributed by atoms with Gasteiger partial charge >= 0.3 is 5.97 Å². The molecule has 0 heterocycles. The summed E-state index contributed by atoms with van der Waals surface area (Å²) in [7, 11) is -0.966. The van der Waals surface area contributed by atoms with Gasteiger partial charge in [0.25, 0.3) is 0 Å². The Morgan fingerprint density at radius 3 is 2.42 bits per heavy atom. The van der Waals surface area contributed by atoms with Crippen LogP contribution in [0.5, 0.6) is 11.5 Å².